The van der Waals surface area contributed by atoms with Crippen LogP contribution in [0.15, 0.2) is 42.6 Å². The number of hydrogen-bond donors (Lipinski definition) is 2. The summed E-state index contributed by atoms with van der Waals surface area (Å²) < 4.78 is 0. The van der Waals surface area contributed by atoms with Crippen LogP contribution < -0.4 is 15.5 Å². The van der Waals surface area contributed by atoms with Crippen LogP contribution >= 0.6 is 0 Å². The average molecular weight is 504 g/mol. The van der Waals surface area contributed by atoms with E-state index < -0.39 is 6.04 Å². The minimum absolute atomic E-state index is 0.0130. The Balaban J connectivity index is 1.39. The largest absolute Gasteiger partial charge is 0.343 e. The third kappa shape index (κ3) is 5.52. The summed E-state index contributed by atoms with van der Waals surface area (Å²) in [7, 11) is 1.78. The summed E-state index contributed by atoms with van der Waals surface area (Å²) in [5, 5.41) is 6.16. The Morgan fingerprint density at radius 1 is 1.00 bits per heavy atom. The van der Waals surface area contributed by atoms with Gasteiger partial charge in [0.15, 0.2) is 0 Å². The van der Waals surface area contributed by atoms with Crippen LogP contribution in [0, 0.1) is 5.92 Å². The number of amides is 2. The lowest BCUT2D eigenvalue weighted by molar-refractivity contribution is -0.139. The third-order valence-electron chi connectivity index (χ3n) is 8.59. The number of anilines is 2. The molecule has 2 N–H and O–H groups in total. The van der Waals surface area contributed by atoms with Crippen molar-refractivity contribution in [1.29, 1.82) is 0 Å². The zero-order valence-electron chi connectivity index (χ0n) is 22.3. The predicted molar refractivity (Wildman–Crippen MR) is 147 cm³/mol. The number of aromatic nitrogens is 1. The molecular formula is C30H41N5O2. The van der Waals surface area contributed by atoms with Crippen molar-refractivity contribution in [3.8, 4) is 0 Å². The number of benzene rings is 1. The molecule has 2 amide bonds. The van der Waals surface area contributed by atoms with Crippen molar-refractivity contribution in [2.24, 2.45) is 5.92 Å². The summed E-state index contributed by atoms with van der Waals surface area (Å²) in [5.74, 6) is 1.13. The number of likely N-dealkylation sites (tertiary alicyclic amines) is 1. The number of pyridine rings is 1. The van der Waals surface area contributed by atoms with E-state index in [4.69, 9.17) is 4.98 Å². The summed E-state index contributed by atoms with van der Waals surface area (Å²) >= 11 is 0. The van der Waals surface area contributed by atoms with Crippen molar-refractivity contribution in [2.75, 3.05) is 25.0 Å². The second kappa shape index (κ2) is 11.6. The molecule has 0 radical (unpaired) electrons. The standard InChI is InChI=1S/C30H41N5O2/c1-21(31-2)29(36)33-28(23-11-4-3-5-12-23)30(37)35-19-9-15-26(35)24-16-17-32-27(20-24)34-18-8-13-22-10-6-7-14-25(22)34/h6-7,10,14,16-17,20-21,23,26,28,31H,3-5,8-9,11-13,15,18-19H2,1-2H3,(H,33,36)/t21?,26?,28-/m0/s1. The SMILES string of the molecule is CNC(C)C(=O)N[C@H](C(=O)N1CCCC1c1ccnc(N2CCCc3ccccc32)c1)C1CCCCC1. The molecule has 3 aliphatic rings. The molecule has 3 atom stereocenters. The van der Waals surface area contributed by atoms with Gasteiger partial charge in [0.2, 0.25) is 11.8 Å². The van der Waals surface area contributed by atoms with Crippen LogP contribution in [0.5, 0.6) is 0 Å². The molecule has 2 fully saturated rings. The Labute approximate surface area is 221 Å². The molecule has 1 aliphatic carbocycles. The Bertz CT molecular complexity index is 1100. The fourth-order valence-electron chi connectivity index (χ4n) is 6.37. The Hall–Kier alpha value is -2.93. The van der Waals surface area contributed by atoms with Gasteiger partial charge in [-0.25, -0.2) is 4.98 Å². The molecule has 0 bridgehead atoms. The zero-order valence-corrected chi connectivity index (χ0v) is 22.3. The molecule has 198 valence electrons. The fraction of sp³-hybridized carbons (Fsp3) is 0.567. The van der Waals surface area contributed by atoms with Crippen LogP contribution in [0.4, 0.5) is 11.5 Å². The number of likely N-dealkylation sites (N-methyl/N-ethyl adjacent to an activating group) is 1. The van der Waals surface area contributed by atoms with E-state index in [0.29, 0.717) is 0 Å². The number of aryl methyl sites for hydroxylation is 1. The van der Waals surface area contributed by atoms with Crippen molar-refractivity contribution in [2.45, 2.75) is 82.8 Å². The van der Waals surface area contributed by atoms with Crippen LogP contribution in [0.2, 0.25) is 0 Å². The van der Waals surface area contributed by atoms with E-state index in [2.05, 4.69) is 51.9 Å². The zero-order chi connectivity index (χ0) is 25.8. The van der Waals surface area contributed by atoms with Gasteiger partial charge in [0.25, 0.3) is 0 Å². The van der Waals surface area contributed by atoms with Crippen molar-refractivity contribution in [3.05, 3.63) is 53.7 Å². The minimum atomic E-state index is -0.459. The van der Waals surface area contributed by atoms with Crippen molar-refractivity contribution < 1.29 is 9.59 Å². The van der Waals surface area contributed by atoms with Crippen LogP contribution in [0.25, 0.3) is 0 Å². The highest BCUT2D eigenvalue weighted by molar-refractivity contribution is 5.90. The lowest BCUT2D eigenvalue weighted by atomic mass is 9.83. The summed E-state index contributed by atoms with van der Waals surface area (Å²) in [5.41, 5.74) is 3.73. The number of fused-ring (bicyclic) bond motifs is 1. The van der Waals surface area contributed by atoms with Gasteiger partial charge in [-0.3, -0.25) is 9.59 Å². The molecule has 3 heterocycles. The summed E-state index contributed by atoms with van der Waals surface area (Å²) in [6, 6.07) is 12.0. The van der Waals surface area contributed by atoms with Crippen LogP contribution in [0.1, 0.15) is 75.5 Å². The van der Waals surface area contributed by atoms with E-state index >= 15 is 0 Å². The molecule has 7 heteroatoms. The van der Waals surface area contributed by atoms with Gasteiger partial charge in [-0.15, -0.1) is 0 Å². The van der Waals surface area contributed by atoms with Gasteiger partial charge < -0.3 is 20.4 Å². The second-order valence-electron chi connectivity index (χ2n) is 10.9. The summed E-state index contributed by atoms with van der Waals surface area (Å²) in [4.78, 5) is 36.0. The third-order valence-corrected chi connectivity index (χ3v) is 8.59. The lowest BCUT2D eigenvalue weighted by Gasteiger charge is -2.36. The first kappa shape index (κ1) is 25.7. The average Bonchev–Trinajstić information content (AvgIpc) is 3.45. The Morgan fingerprint density at radius 2 is 1.81 bits per heavy atom. The number of para-hydroxylation sites is 1. The van der Waals surface area contributed by atoms with Crippen LogP contribution in [-0.2, 0) is 16.0 Å². The smallest absolute Gasteiger partial charge is 0.245 e. The molecule has 2 aromatic rings. The Morgan fingerprint density at radius 3 is 2.62 bits per heavy atom. The maximum atomic E-state index is 14.1. The van der Waals surface area contributed by atoms with Gasteiger partial charge in [0.1, 0.15) is 11.9 Å². The van der Waals surface area contributed by atoms with E-state index in [1.54, 1.807) is 7.05 Å². The van der Waals surface area contributed by atoms with Gasteiger partial charge >= 0.3 is 0 Å². The van der Waals surface area contributed by atoms with Crippen molar-refractivity contribution in [3.63, 3.8) is 0 Å². The number of nitrogens with one attached hydrogen (secondary N) is 2. The number of hydrogen-bond acceptors (Lipinski definition) is 5. The number of carbonyl (C=O) groups is 2. The predicted octanol–water partition coefficient (Wildman–Crippen LogP) is 4.50. The van der Waals surface area contributed by atoms with Crippen molar-refractivity contribution >= 4 is 23.3 Å². The highest BCUT2D eigenvalue weighted by atomic mass is 16.2. The van der Waals surface area contributed by atoms with E-state index in [9.17, 15) is 9.59 Å². The van der Waals surface area contributed by atoms with E-state index in [0.717, 1.165) is 75.8 Å². The van der Waals surface area contributed by atoms with Crippen LogP contribution in [-0.4, -0.2) is 53.9 Å². The monoisotopic (exact) mass is 503 g/mol. The molecule has 1 aromatic heterocycles. The maximum absolute atomic E-state index is 14.1. The normalized spacial score (nSPS) is 21.8. The number of rotatable bonds is 7. The quantitative estimate of drug-likeness (QED) is 0.582. The van der Waals surface area contributed by atoms with Gasteiger partial charge in [0.05, 0.1) is 12.1 Å². The summed E-state index contributed by atoms with van der Waals surface area (Å²) in [6.45, 7) is 3.52. The molecule has 5 rings (SSSR count). The molecule has 7 nitrogen and oxygen atoms in total. The fourth-order valence-corrected chi connectivity index (χ4v) is 6.37. The maximum Gasteiger partial charge on any atom is 0.245 e. The number of carbonyl (C=O) groups excluding carboxylic acids is 2. The van der Waals surface area contributed by atoms with E-state index in [-0.39, 0.29) is 29.8 Å². The topological polar surface area (TPSA) is 77.6 Å². The second-order valence-corrected chi connectivity index (χ2v) is 10.9. The molecule has 2 unspecified atom stereocenters. The van der Waals surface area contributed by atoms with Gasteiger partial charge in [-0.2, -0.15) is 0 Å². The number of nitrogens with zero attached hydrogens (tertiary/aromatic N) is 3. The molecule has 1 saturated carbocycles. The van der Waals surface area contributed by atoms with Crippen molar-refractivity contribution in [1.82, 2.24) is 20.5 Å². The van der Waals surface area contributed by atoms with E-state index in [1.807, 2.05) is 18.0 Å². The minimum Gasteiger partial charge on any atom is -0.343 e. The molecular weight excluding hydrogens is 462 g/mol. The first-order valence-corrected chi connectivity index (χ1v) is 14.2. The first-order chi connectivity index (χ1) is 18.1. The van der Waals surface area contributed by atoms with Gasteiger partial charge in [-0.05, 0) is 87.7 Å². The lowest BCUT2D eigenvalue weighted by Crippen LogP contribution is -2.55. The first-order valence-electron chi connectivity index (χ1n) is 14.2. The molecule has 37 heavy (non-hydrogen) atoms. The van der Waals surface area contributed by atoms with Crippen LogP contribution in [0.3, 0.4) is 0 Å². The Kier molecular flexibility index (Phi) is 8.08. The highest BCUT2D eigenvalue weighted by Crippen LogP contribution is 2.38. The molecule has 0 spiro atoms. The molecule has 2 aliphatic heterocycles. The molecule has 1 saturated heterocycles. The van der Waals surface area contributed by atoms with Gasteiger partial charge in [-0.1, -0.05) is 37.5 Å². The summed E-state index contributed by atoms with van der Waals surface area (Å²) in [6.07, 6.45) is 11.4. The van der Waals surface area contributed by atoms with E-state index in [1.165, 1.54) is 17.7 Å². The molecule has 1 aromatic carbocycles. The highest BCUT2D eigenvalue weighted by Gasteiger charge is 2.39. The van der Waals surface area contributed by atoms with Gasteiger partial charge in [0, 0.05) is 25.0 Å².